The predicted octanol–water partition coefficient (Wildman–Crippen LogP) is 2.81. The molecule has 2 rings (SSSR count). The molecule has 7 heteroatoms. The molecule has 0 bridgehead atoms. The molecule has 7 nitrogen and oxygen atoms in total. The molecule has 21 heavy (non-hydrogen) atoms. The number of nitrogens with zero attached hydrogens (tertiary/aromatic N) is 2. The summed E-state index contributed by atoms with van der Waals surface area (Å²) in [5.41, 5.74) is 6.39. The molecule has 0 aliphatic heterocycles. The topological polar surface area (TPSA) is 101 Å². The van der Waals surface area contributed by atoms with Crippen molar-refractivity contribution in [1.82, 2.24) is 4.98 Å². The van der Waals surface area contributed by atoms with E-state index in [1.165, 1.54) is 19.2 Å². The molecule has 0 aliphatic rings. The van der Waals surface area contributed by atoms with Crippen LogP contribution in [0.25, 0.3) is 0 Å². The summed E-state index contributed by atoms with van der Waals surface area (Å²) in [4.78, 5) is 14.6. The molecule has 1 atom stereocenters. The number of aromatic nitrogens is 1. The Morgan fingerprint density at radius 1 is 1.33 bits per heavy atom. The van der Waals surface area contributed by atoms with Crippen molar-refractivity contribution in [2.45, 2.75) is 13.0 Å². The Bertz CT molecular complexity index is 641. The Morgan fingerprint density at radius 3 is 2.62 bits per heavy atom. The molecule has 0 spiro atoms. The second-order valence-electron chi connectivity index (χ2n) is 4.41. The summed E-state index contributed by atoms with van der Waals surface area (Å²) in [5.74, 6) is 0.740. The van der Waals surface area contributed by atoms with Gasteiger partial charge in [0.1, 0.15) is 5.75 Å². The summed E-state index contributed by atoms with van der Waals surface area (Å²) in [7, 11) is 1.44. The number of ether oxygens (including phenoxy) is 2. The lowest BCUT2D eigenvalue weighted by Gasteiger charge is -2.08. The van der Waals surface area contributed by atoms with Gasteiger partial charge >= 0.3 is 5.69 Å². The Morgan fingerprint density at radius 2 is 2.10 bits per heavy atom. The van der Waals surface area contributed by atoms with E-state index < -0.39 is 4.92 Å². The molecule has 0 saturated heterocycles. The van der Waals surface area contributed by atoms with Crippen molar-refractivity contribution in [2.24, 2.45) is 5.73 Å². The summed E-state index contributed by atoms with van der Waals surface area (Å²) >= 11 is 0. The van der Waals surface area contributed by atoms with Crippen molar-refractivity contribution < 1.29 is 14.4 Å². The summed E-state index contributed by atoms with van der Waals surface area (Å²) < 4.78 is 10.4. The minimum Gasteiger partial charge on any atom is -0.496 e. The van der Waals surface area contributed by atoms with E-state index in [0.717, 1.165) is 5.56 Å². The fourth-order valence-electron chi connectivity index (χ4n) is 1.69. The molecule has 0 saturated carbocycles. The normalized spacial score (nSPS) is 11.8. The summed E-state index contributed by atoms with van der Waals surface area (Å²) in [6, 6.07) is 7.60. The third-order valence-corrected chi connectivity index (χ3v) is 2.86. The second-order valence-corrected chi connectivity index (χ2v) is 4.41. The number of hydrogen-bond donors (Lipinski definition) is 1. The van der Waals surface area contributed by atoms with Crippen molar-refractivity contribution in [3.63, 3.8) is 0 Å². The number of benzene rings is 1. The van der Waals surface area contributed by atoms with E-state index in [0.29, 0.717) is 5.75 Å². The smallest absolute Gasteiger partial charge is 0.315 e. The molecular weight excluding hydrogens is 274 g/mol. The van der Waals surface area contributed by atoms with Crippen molar-refractivity contribution in [3.8, 4) is 17.4 Å². The van der Waals surface area contributed by atoms with Gasteiger partial charge in [-0.2, -0.15) is 0 Å². The maximum atomic E-state index is 11.1. The number of nitrogens with two attached hydrogens (primary N) is 1. The Kier molecular flexibility index (Phi) is 4.34. The van der Waals surface area contributed by atoms with E-state index in [4.69, 9.17) is 15.2 Å². The third kappa shape index (κ3) is 3.46. The minimum absolute atomic E-state index is 0.0989. The maximum absolute atomic E-state index is 11.1. The van der Waals surface area contributed by atoms with Crippen LogP contribution in [0, 0.1) is 10.1 Å². The SMILES string of the molecule is COc1ccc(Oc2ccc(C(C)N)cn2)c([N+](=O)[O-])c1. The summed E-state index contributed by atoms with van der Waals surface area (Å²) in [5, 5.41) is 11.1. The van der Waals surface area contributed by atoms with E-state index in [9.17, 15) is 10.1 Å². The van der Waals surface area contributed by atoms with E-state index >= 15 is 0 Å². The Balaban J connectivity index is 2.28. The van der Waals surface area contributed by atoms with Gasteiger partial charge in [0.25, 0.3) is 0 Å². The molecule has 1 heterocycles. The molecule has 1 aromatic carbocycles. The summed E-state index contributed by atoms with van der Waals surface area (Å²) in [6.07, 6.45) is 1.58. The number of nitro groups is 1. The van der Waals surface area contributed by atoms with Crippen LogP contribution in [-0.2, 0) is 0 Å². The van der Waals surface area contributed by atoms with Crippen LogP contribution in [-0.4, -0.2) is 17.0 Å². The van der Waals surface area contributed by atoms with Crippen molar-refractivity contribution in [1.29, 1.82) is 0 Å². The van der Waals surface area contributed by atoms with Crippen LogP contribution >= 0.6 is 0 Å². The van der Waals surface area contributed by atoms with Gasteiger partial charge in [0, 0.05) is 18.3 Å². The Hall–Kier alpha value is -2.67. The number of rotatable bonds is 5. The third-order valence-electron chi connectivity index (χ3n) is 2.86. The average Bonchev–Trinajstić information content (AvgIpc) is 2.48. The van der Waals surface area contributed by atoms with Gasteiger partial charge in [-0.3, -0.25) is 10.1 Å². The lowest BCUT2D eigenvalue weighted by atomic mass is 10.2. The van der Waals surface area contributed by atoms with Crippen LogP contribution in [0.1, 0.15) is 18.5 Å². The van der Waals surface area contributed by atoms with Gasteiger partial charge in [0.05, 0.1) is 18.1 Å². The van der Waals surface area contributed by atoms with E-state index in [2.05, 4.69) is 4.98 Å². The first-order chi connectivity index (χ1) is 10.0. The number of hydrogen-bond acceptors (Lipinski definition) is 6. The molecule has 0 amide bonds. The van der Waals surface area contributed by atoms with E-state index in [-0.39, 0.29) is 23.4 Å². The molecule has 0 fully saturated rings. The molecule has 2 aromatic rings. The first-order valence-electron chi connectivity index (χ1n) is 6.23. The van der Waals surface area contributed by atoms with Gasteiger partial charge < -0.3 is 15.2 Å². The van der Waals surface area contributed by atoms with Crippen molar-refractivity contribution in [3.05, 3.63) is 52.2 Å². The van der Waals surface area contributed by atoms with Crippen LogP contribution in [0.3, 0.4) is 0 Å². The van der Waals surface area contributed by atoms with Crippen molar-refractivity contribution >= 4 is 5.69 Å². The molecule has 0 radical (unpaired) electrons. The summed E-state index contributed by atoms with van der Waals surface area (Å²) in [6.45, 7) is 1.84. The number of methoxy groups -OCH3 is 1. The highest BCUT2D eigenvalue weighted by atomic mass is 16.6. The molecular formula is C14H15N3O4. The quantitative estimate of drug-likeness (QED) is 0.671. The zero-order valence-electron chi connectivity index (χ0n) is 11.6. The second kappa shape index (κ2) is 6.19. The van der Waals surface area contributed by atoms with Crippen LogP contribution in [0.2, 0.25) is 0 Å². The lowest BCUT2D eigenvalue weighted by Crippen LogP contribution is -2.05. The zero-order valence-corrected chi connectivity index (χ0v) is 11.6. The first kappa shape index (κ1) is 14.7. The number of nitro benzene ring substituents is 1. The van der Waals surface area contributed by atoms with Gasteiger partial charge in [-0.25, -0.2) is 4.98 Å². The average molecular weight is 289 g/mol. The van der Waals surface area contributed by atoms with Crippen molar-refractivity contribution in [2.75, 3.05) is 7.11 Å². The minimum atomic E-state index is -0.534. The highest BCUT2D eigenvalue weighted by Crippen LogP contribution is 2.33. The monoisotopic (exact) mass is 289 g/mol. The molecule has 0 aliphatic carbocycles. The lowest BCUT2D eigenvalue weighted by molar-refractivity contribution is -0.385. The van der Waals surface area contributed by atoms with Crippen LogP contribution in [0.4, 0.5) is 5.69 Å². The number of pyridine rings is 1. The maximum Gasteiger partial charge on any atom is 0.315 e. The molecule has 1 aromatic heterocycles. The fourth-order valence-corrected chi connectivity index (χ4v) is 1.69. The van der Waals surface area contributed by atoms with Crippen LogP contribution < -0.4 is 15.2 Å². The van der Waals surface area contributed by atoms with Crippen LogP contribution in [0.15, 0.2) is 36.5 Å². The van der Waals surface area contributed by atoms with Gasteiger partial charge in [0.15, 0.2) is 0 Å². The van der Waals surface area contributed by atoms with E-state index in [1.54, 1.807) is 24.4 Å². The standard InChI is InChI=1S/C14H15N3O4/c1-9(15)10-3-6-14(16-8-10)21-13-5-4-11(20-2)7-12(13)17(18)19/h3-9H,15H2,1-2H3. The zero-order chi connectivity index (χ0) is 15.4. The van der Waals surface area contributed by atoms with Crippen LogP contribution in [0.5, 0.6) is 17.4 Å². The molecule has 1 unspecified atom stereocenters. The highest BCUT2D eigenvalue weighted by Gasteiger charge is 2.17. The first-order valence-corrected chi connectivity index (χ1v) is 6.23. The van der Waals surface area contributed by atoms with E-state index in [1.807, 2.05) is 6.92 Å². The highest BCUT2D eigenvalue weighted by molar-refractivity contribution is 5.52. The molecule has 2 N–H and O–H groups in total. The molecule has 110 valence electrons. The van der Waals surface area contributed by atoms with Gasteiger partial charge in [0.2, 0.25) is 11.6 Å². The van der Waals surface area contributed by atoms with Gasteiger partial charge in [-0.05, 0) is 24.6 Å². The van der Waals surface area contributed by atoms with Gasteiger partial charge in [-0.1, -0.05) is 6.07 Å². The largest absolute Gasteiger partial charge is 0.496 e. The Labute approximate surface area is 121 Å². The predicted molar refractivity (Wildman–Crippen MR) is 76.6 cm³/mol. The van der Waals surface area contributed by atoms with Gasteiger partial charge in [-0.15, -0.1) is 0 Å². The fraction of sp³-hybridized carbons (Fsp3) is 0.214.